The van der Waals surface area contributed by atoms with Crippen LogP contribution in [0.2, 0.25) is 5.02 Å². The highest BCUT2D eigenvalue weighted by Gasteiger charge is 2.41. The number of aliphatic hydroxyl groups excluding tert-OH is 1. The number of benzene rings is 1. The first-order valence-corrected chi connectivity index (χ1v) is 9.34. The van der Waals surface area contributed by atoms with Gasteiger partial charge in [-0.05, 0) is 43.9 Å². The lowest BCUT2D eigenvalue weighted by Gasteiger charge is -2.48. The van der Waals surface area contributed by atoms with Gasteiger partial charge in [-0.1, -0.05) is 29.8 Å². The van der Waals surface area contributed by atoms with Gasteiger partial charge in [0.25, 0.3) is 0 Å². The predicted molar refractivity (Wildman–Crippen MR) is 95.9 cm³/mol. The van der Waals surface area contributed by atoms with Crippen LogP contribution in [-0.2, 0) is 11.3 Å². The van der Waals surface area contributed by atoms with Crippen molar-refractivity contribution < 1.29 is 9.90 Å². The van der Waals surface area contributed by atoms with Crippen LogP contribution in [0.15, 0.2) is 24.3 Å². The fourth-order valence-electron chi connectivity index (χ4n) is 4.21. The van der Waals surface area contributed by atoms with Gasteiger partial charge >= 0.3 is 0 Å². The molecule has 0 aliphatic carbocycles. The van der Waals surface area contributed by atoms with Gasteiger partial charge in [-0.3, -0.25) is 9.69 Å². The van der Waals surface area contributed by atoms with Crippen LogP contribution in [0.1, 0.15) is 37.7 Å². The molecule has 2 saturated heterocycles. The second-order valence-corrected chi connectivity index (χ2v) is 7.71. The average molecular weight is 351 g/mol. The van der Waals surface area contributed by atoms with Gasteiger partial charge in [-0.2, -0.15) is 0 Å². The fraction of sp³-hybridized carbons (Fsp3) is 0.632. The number of halogens is 1. The second-order valence-electron chi connectivity index (χ2n) is 7.30. The molecule has 1 N–H and O–H groups in total. The summed E-state index contributed by atoms with van der Waals surface area (Å²) in [6.45, 7) is 4.67. The van der Waals surface area contributed by atoms with Crippen molar-refractivity contribution in [2.75, 3.05) is 32.8 Å². The van der Waals surface area contributed by atoms with Gasteiger partial charge in [0.1, 0.15) is 0 Å². The minimum Gasteiger partial charge on any atom is -0.396 e. The second kappa shape index (κ2) is 7.85. The van der Waals surface area contributed by atoms with Gasteiger partial charge in [0.2, 0.25) is 5.91 Å². The first kappa shape index (κ1) is 17.7. The number of nitrogens with zero attached hydrogens (tertiary/aromatic N) is 2. The molecule has 1 unspecified atom stereocenters. The molecule has 0 aromatic heterocycles. The van der Waals surface area contributed by atoms with E-state index in [1.54, 1.807) is 0 Å². The van der Waals surface area contributed by atoms with Gasteiger partial charge in [0.05, 0.1) is 0 Å². The SMILES string of the molecule is O=C1CCC2(CCCN(Cc3ccccc3Cl)C2)CN1CCCO. The molecule has 2 heterocycles. The number of hydrogen-bond acceptors (Lipinski definition) is 3. The van der Waals surface area contributed by atoms with Crippen molar-refractivity contribution in [1.29, 1.82) is 0 Å². The summed E-state index contributed by atoms with van der Waals surface area (Å²) in [5, 5.41) is 9.89. The van der Waals surface area contributed by atoms with Crippen LogP contribution in [0.3, 0.4) is 0 Å². The highest BCUT2D eigenvalue weighted by Crippen LogP contribution is 2.39. The van der Waals surface area contributed by atoms with Crippen molar-refractivity contribution in [3.05, 3.63) is 34.9 Å². The Morgan fingerprint density at radius 2 is 2.04 bits per heavy atom. The molecule has 2 aliphatic heterocycles. The van der Waals surface area contributed by atoms with E-state index in [-0.39, 0.29) is 17.9 Å². The molecule has 0 saturated carbocycles. The van der Waals surface area contributed by atoms with Crippen LogP contribution in [0.5, 0.6) is 0 Å². The van der Waals surface area contributed by atoms with E-state index < -0.39 is 0 Å². The summed E-state index contributed by atoms with van der Waals surface area (Å²) in [5.41, 5.74) is 1.39. The van der Waals surface area contributed by atoms with Gasteiger partial charge < -0.3 is 10.0 Å². The molecule has 132 valence electrons. The maximum atomic E-state index is 12.2. The summed E-state index contributed by atoms with van der Waals surface area (Å²) >= 11 is 6.32. The van der Waals surface area contributed by atoms with Crippen LogP contribution in [0.4, 0.5) is 0 Å². The monoisotopic (exact) mass is 350 g/mol. The molecule has 2 aliphatic rings. The Balaban J connectivity index is 1.65. The highest BCUT2D eigenvalue weighted by molar-refractivity contribution is 6.31. The van der Waals surface area contributed by atoms with Gasteiger partial charge in [-0.25, -0.2) is 0 Å². The number of carbonyl (C=O) groups excluding carboxylic acids is 1. The van der Waals surface area contributed by atoms with E-state index in [1.165, 1.54) is 18.4 Å². The zero-order valence-corrected chi connectivity index (χ0v) is 15.0. The topological polar surface area (TPSA) is 43.8 Å². The standard InChI is InChI=1S/C19H27ClN2O2/c20-17-6-2-1-5-16(17)13-21-10-3-8-19(14-21)9-7-18(24)22(15-19)11-4-12-23/h1-2,5-6,23H,3-4,7-15H2. The summed E-state index contributed by atoms with van der Waals surface area (Å²) < 4.78 is 0. The van der Waals surface area contributed by atoms with E-state index in [2.05, 4.69) is 11.0 Å². The van der Waals surface area contributed by atoms with E-state index >= 15 is 0 Å². The molecular formula is C19H27ClN2O2. The normalized spacial score (nSPS) is 25.4. The van der Waals surface area contributed by atoms with Gasteiger partial charge in [-0.15, -0.1) is 0 Å². The lowest BCUT2D eigenvalue weighted by molar-refractivity contribution is -0.139. The summed E-state index contributed by atoms with van der Waals surface area (Å²) in [6, 6.07) is 8.06. The Hall–Kier alpha value is -1.10. The number of rotatable bonds is 5. The summed E-state index contributed by atoms with van der Waals surface area (Å²) in [5.74, 6) is 0.248. The smallest absolute Gasteiger partial charge is 0.222 e. The van der Waals surface area contributed by atoms with Crippen molar-refractivity contribution in [3.63, 3.8) is 0 Å². The fourth-order valence-corrected chi connectivity index (χ4v) is 4.41. The number of hydrogen-bond donors (Lipinski definition) is 1. The zero-order chi connectivity index (χ0) is 17.0. The molecule has 24 heavy (non-hydrogen) atoms. The van der Waals surface area contributed by atoms with E-state index in [1.807, 2.05) is 23.1 Å². The number of likely N-dealkylation sites (tertiary alicyclic amines) is 2. The predicted octanol–water partition coefficient (Wildman–Crippen LogP) is 2.93. The largest absolute Gasteiger partial charge is 0.396 e. The Morgan fingerprint density at radius 1 is 1.21 bits per heavy atom. The number of amides is 1. The summed E-state index contributed by atoms with van der Waals surface area (Å²) in [4.78, 5) is 16.6. The summed E-state index contributed by atoms with van der Waals surface area (Å²) in [7, 11) is 0. The van der Waals surface area contributed by atoms with Crippen LogP contribution < -0.4 is 0 Å². The third-order valence-electron chi connectivity index (χ3n) is 5.43. The number of piperidine rings is 2. The van der Waals surface area contributed by atoms with Crippen LogP contribution in [0, 0.1) is 5.41 Å². The molecule has 0 bridgehead atoms. The Morgan fingerprint density at radius 3 is 2.83 bits per heavy atom. The third kappa shape index (κ3) is 4.11. The lowest BCUT2D eigenvalue weighted by Crippen LogP contribution is -2.54. The van der Waals surface area contributed by atoms with E-state index in [0.29, 0.717) is 19.4 Å². The minimum atomic E-state index is 0.148. The Bertz CT molecular complexity index is 580. The number of carbonyl (C=O) groups is 1. The highest BCUT2D eigenvalue weighted by atomic mass is 35.5. The van der Waals surface area contributed by atoms with E-state index in [4.69, 9.17) is 16.7 Å². The lowest BCUT2D eigenvalue weighted by atomic mass is 9.73. The van der Waals surface area contributed by atoms with Crippen LogP contribution >= 0.6 is 11.6 Å². The van der Waals surface area contributed by atoms with Crippen molar-refractivity contribution >= 4 is 17.5 Å². The molecule has 0 radical (unpaired) electrons. The average Bonchev–Trinajstić information content (AvgIpc) is 2.58. The summed E-state index contributed by atoms with van der Waals surface area (Å²) in [6.07, 6.45) is 4.67. The van der Waals surface area contributed by atoms with Crippen molar-refractivity contribution in [3.8, 4) is 0 Å². The van der Waals surface area contributed by atoms with Crippen molar-refractivity contribution in [2.24, 2.45) is 5.41 Å². The molecule has 4 nitrogen and oxygen atoms in total. The first-order chi connectivity index (χ1) is 11.6. The Labute approximate surface area is 149 Å². The molecule has 2 fully saturated rings. The van der Waals surface area contributed by atoms with E-state index in [0.717, 1.165) is 37.6 Å². The van der Waals surface area contributed by atoms with E-state index in [9.17, 15) is 4.79 Å². The number of aliphatic hydroxyl groups is 1. The van der Waals surface area contributed by atoms with Crippen LogP contribution in [-0.4, -0.2) is 53.6 Å². The first-order valence-electron chi connectivity index (χ1n) is 8.96. The molecule has 1 spiro atoms. The van der Waals surface area contributed by atoms with Gasteiger partial charge in [0, 0.05) is 49.6 Å². The zero-order valence-electron chi connectivity index (χ0n) is 14.2. The van der Waals surface area contributed by atoms with Crippen molar-refractivity contribution in [1.82, 2.24) is 9.80 Å². The Kier molecular flexibility index (Phi) is 5.80. The molecule has 1 atom stereocenters. The van der Waals surface area contributed by atoms with Gasteiger partial charge in [0.15, 0.2) is 0 Å². The maximum Gasteiger partial charge on any atom is 0.222 e. The van der Waals surface area contributed by atoms with Crippen molar-refractivity contribution in [2.45, 2.75) is 38.6 Å². The molecule has 3 rings (SSSR count). The molecule has 5 heteroatoms. The molecule has 1 amide bonds. The molecular weight excluding hydrogens is 324 g/mol. The minimum absolute atomic E-state index is 0.148. The molecule has 1 aromatic carbocycles. The molecule has 1 aromatic rings. The third-order valence-corrected chi connectivity index (χ3v) is 5.80. The maximum absolute atomic E-state index is 12.2. The van der Waals surface area contributed by atoms with Crippen LogP contribution in [0.25, 0.3) is 0 Å². The quantitative estimate of drug-likeness (QED) is 0.888.